The molecule has 1 aliphatic carbocycles. The standard InChI is InChI=1S/C13H22N2OS/c1-4-9-15(10-5-2)13(16)14-11-7-6-8-12(11)17-3/h4-5,11-12H,1-2,6-10H2,3H3,(H,14,16)/t11-,12-/m1/s1. The lowest BCUT2D eigenvalue weighted by Crippen LogP contribution is -2.46. The van der Waals surface area contributed by atoms with E-state index in [0.717, 1.165) is 6.42 Å². The van der Waals surface area contributed by atoms with Crippen LogP contribution in [0.25, 0.3) is 0 Å². The molecular formula is C13H22N2OS. The monoisotopic (exact) mass is 254 g/mol. The van der Waals surface area contributed by atoms with Crippen LogP contribution in [0.2, 0.25) is 0 Å². The van der Waals surface area contributed by atoms with E-state index >= 15 is 0 Å². The first-order valence-electron chi connectivity index (χ1n) is 6.03. The Morgan fingerprint density at radius 1 is 1.41 bits per heavy atom. The average molecular weight is 254 g/mol. The van der Waals surface area contributed by atoms with Gasteiger partial charge in [-0.3, -0.25) is 0 Å². The molecule has 2 atom stereocenters. The zero-order valence-electron chi connectivity index (χ0n) is 10.5. The Labute approximate surface area is 108 Å². The van der Waals surface area contributed by atoms with Crippen LogP contribution in [0.5, 0.6) is 0 Å². The predicted molar refractivity (Wildman–Crippen MR) is 75.4 cm³/mol. The van der Waals surface area contributed by atoms with Gasteiger partial charge in [-0.05, 0) is 19.1 Å². The van der Waals surface area contributed by atoms with Crippen molar-refractivity contribution in [2.75, 3.05) is 19.3 Å². The number of hydrogen-bond donors (Lipinski definition) is 1. The number of rotatable bonds is 6. The molecule has 0 heterocycles. The van der Waals surface area contributed by atoms with Crippen molar-refractivity contribution in [3.8, 4) is 0 Å². The van der Waals surface area contributed by atoms with Crippen LogP contribution >= 0.6 is 11.8 Å². The van der Waals surface area contributed by atoms with Crippen molar-refractivity contribution in [2.45, 2.75) is 30.6 Å². The molecular weight excluding hydrogens is 232 g/mol. The molecule has 1 rings (SSSR count). The first kappa shape index (κ1) is 14.2. The van der Waals surface area contributed by atoms with Gasteiger partial charge in [-0.2, -0.15) is 11.8 Å². The van der Waals surface area contributed by atoms with Crippen molar-refractivity contribution >= 4 is 17.8 Å². The smallest absolute Gasteiger partial charge is 0.318 e. The lowest BCUT2D eigenvalue weighted by Gasteiger charge is -2.25. The van der Waals surface area contributed by atoms with Crippen molar-refractivity contribution in [3.05, 3.63) is 25.3 Å². The van der Waals surface area contributed by atoms with Crippen molar-refractivity contribution in [2.24, 2.45) is 0 Å². The summed E-state index contributed by atoms with van der Waals surface area (Å²) in [6.45, 7) is 8.46. The minimum absolute atomic E-state index is 0.00394. The van der Waals surface area contributed by atoms with Crippen molar-refractivity contribution in [3.63, 3.8) is 0 Å². The van der Waals surface area contributed by atoms with Crippen LogP contribution < -0.4 is 5.32 Å². The van der Waals surface area contributed by atoms with Gasteiger partial charge < -0.3 is 10.2 Å². The van der Waals surface area contributed by atoms with E-state index in [1.54, 1.807) is 17.1 Å². The number of hydrogen-bond acceptors (Lipinski definition) is 2. The molecule has 0 bridgehead atoms. The van der Waals surface area contributed by atoms with Crippen LogP contribution in [-0.4, -0.2) is 41.6 Å². The third kappa shape index (κ3) is 4.11. The normalized spacial score (nSPS) is 23.1. The topological polar surface area (TPSA) is 32.3 Å². The summed E-state index contributed by atoms with van der Waals surface area (Å²) in [4.78, 5) is 13.8. The highest BCUT2D eigenvalue weighted by Gasteiger charge is 2.28. The summed E-state index contributed by atoms with van der Waals surface area (Å²) < 4.78 is 0. The molecule has 17 heavy (non-hydrogen) atoms. The minimum Gasteiger partial charge on any atom is -0.334 e. The fraction of sp³-hybridized carbons (Fsp3) is 0.615. The molecule has 0 radical (unpaired) electrons. The number of nitrogens with zero attached hydrogens (tertiary/aromatic N) is 1. The van der Waals surface area contributed by atoms with E-state index in [0.29, 0.717) is 24.4 Å². The number of carbonyl (C=O) groups excluding carboxylic acids is 1. The van der Waals surface area contributed by atoms with E-state index in [4.69, 9.17) is 0 Å². The Morgan fingerprint density at radius 2 is 2.06 bits per heavy atom. The van der Waals surface area contributed by atoms with Crippen molar-refractivity contribution in [1.29, 1.82) is 0 Å². The van der Waals surface area contributed by atoms with Crippen molar-refractivity contribution < 1.29 is 4.79 Å². The number of thioether (sulfide) groups is 1. The number of urea groups is 1. The largest absolute Gasteiger partial charge is 0.334 e. The molecule has 4 heteroatoms. The molecule has 0 saturated heterocycles. The fourth-order valence-corrected chi connectivity index (χ4v) is 3.11. The molecule has 1 N–H and O–H groups in total. The van der Waals surface area contributed by atoms with Gasteiger partial charge in [-0.15, -0.1) is 13.2 Å². The van der Waals surface area contributed by atoms with Crippen molar-refractivity contribution in [1.82, 2.24) is 10.2 Å². The summed E-state index contributed by atoms with van der Waals surface area (Å²) in [5, 5.41) is 3.68. The number of nitrogens with one attached hydrogen (secondary N) is 1. The van der Waals surface area contributed by atoms with Gasteiger partial charge in [0.2, 0.25) is 0 Å². The Hall–Kier alpha value is -0.900. The maximum atomic E-state index is 12.1. The van der Waals surface area contributed by atoms with Gasteiger partial charge in [0.15, 0.2) is 0 Å². The van der Waals surface area contributed by atoms with Gasteiger partial charge in [-0.25, -0.2) is 4.79 Å². The second kappa shape index (κ2) is 7.43. The second-order valence-corrected chi connectivity index (χ2v) is 5.32. The minimum atomic E-state index is -0.00394. The van der Waals surface area contributed by atoms with Gasteiger partial charge in [0.1, 0.15) is 0 Å². The Morgan fingerprint density at radius 3 is 2.59 bits per heavy atom. The summed E-state index contributed by atoms with van der Waals surface area (Å²) in [6.07, 6.45) is 9.09. The summed E-state index contributed by atoms with van der Waals surface area (Å²) >= 11 is 1.85. The van der Waals surface area contributed by atoms with E-state index in [-0.39, 0.29) is 6.03 Å². The zero-order valence-corrected chi connectivity index (χ0v) is 11.3. The molecule has 96 valence electrons. The van der Waals surface area contributed by atoms with Gasteiger partial charge in [-0.1, -0.05) is 18.6 Å². The van der Waals surface area contributed by atoms with Crippen LogP contribution in [0.15, 0.2) is 25.3 Å². The Balaban J connectivity index is 2.50. The molecule has 0 unspecified atom stereocenters. The van der Waals surface area contributed by atoms with E-state index in [9.17, 15) is 4.79 Å². The van der Waals surface area contributed by atoms with E-state index in [2.05, 4.69) is 24.7 Å². The van der Waals surface area contributed by atoms with Gasteiger partial charge >= 0.3 is 6.03 Å². The van der Waals surface area contributed by atoms with Crippen LogP contribution in [0.1, 0.15) is 19.3 Å². The first-order chi connectivity index (χ1) is 8.22. The van der Waals surface area contributed by atoms with Gasteiger partial charge in [0, 0.05) is 24.4 Å². The number of amides is 2. The quantitative estimate of drug-likeness (QED) is 0.739. The highest BCUT2D eigenvalue weighted by atomic mass is 32.2. The van der Waals surface area contributed by atoms with E-state index in [1.807, 2.05) is 11.8 Å². The van der Waals surface area contributed by atoms with Gasteiger partial charge in [0.05, 0.1) is 0 Å². The van der Waals surface area contributed by atoms with E-state index < -0.39 is 0 Å². The summed E-state index contributed by atoms with van der Waals surface area (Å²) in [5.74, 6) is 0. The fourth-order valence-electron chi connectivity index (χ4n) is 2.18. The summed E-state index contributed by atoms with van der Waals surface area (Å²) in [6, 6.07) is 0.311. The summed E-state index contributed by atoms with van der Waals surface area (Å²) in [5.41, 5.74) is 0. The molecule has 0 aromatic rings. The SMILES string of the molecule is C=CCN(CC=C)C(=O)N[C@@H]1CCC[C@H]1SC. The highest BCUT2D eigenvalue weighted by molar-refractivity contribution is 7.99. The molecule has 0 spiro atoms. The zero-order chi connectivity index (χ0) is 12.7. The van der Waals surface area contributed by atoms with Crippen LogP contribution in [-0.2, 0) is 0 Å². The third-order valence-electron chi connectivity index (χ3n) is 3.05. The average Bonchev–Trinajstić information content (AvgIpc) is 2.76. The number of carbonyl (C=O) groups is 1. The lowest BCUT2D eigenvalue weighted by molar-refractivity contribution is 0.204. The Kier molecular flexibility index (Phi) is 6.19. The summed E-state index contributed by atoms with van der Waals surface area (Å²) in [7, 11) is 0. The molecule has 0 aromatic heterocycles. The maximum absolute atomic E-state index is 12.1. The van der Waals surface area contributed by atoms with Crippen LogP contribution in [0.4, 0.5) is 4.79 Å². The molecule has 0 aromatic carbocycles. The van der Waals surface area contributed by atoms with E-state index in [1.165, 1.54) is 12.8 Å². The highest BCUT2D eigenvalue weighted by Crippen LogP contribution is 2.28. The molecule has 1 fully saturated rings. The molecule has 3 nitrogen and oxygen atoms in total. The molecule has 1 aliphatic rings. The molecule has 1 saturated carbocycles. The van der Waals surface area contributed by atoms with Crippen LogP contribution in [0, 0.1) is 0 Å². The third-order valence-corrected chi connectivity index (χ3v) is 4.22. The molecule has 0 aliphatic heterocycles. The van der Waals surface area contributed by atoms with Crippen LogP contribution in [0.3, 0.4) is 0 Å². The maximum Gasteiger partial charge on any atom is 0.318 e. The molecule has 2 amide bonds. The first-order valence-corrected chi connectivity index (χ1v) is 7.31. The predicted octanol–water partition coefficient (Wildman–Crippen LogP) is 2.65. The lowest BCUT2D eigenvalue weighted by atomic mass is 10.2. The van der Waals surface area contributed by atoms with Gasteiger partial charge in [0.25, 0.3) is 0 Å². The Bertz CT molecular complexity index is 271. The second-order valence-electron chi connectivity index (χ2n) is 4.24.